The zero-order chi connectivity index (χ0) is 12.2. The summed E-state index contributed by atoms with van der Waals surface area (Å²) in [6.45, 7) is 0. The van der Waals surface area contributed by atoms with Crippen molar-refractivity contribution in [2.24, 2.45) is 5.73 Å². The fourth-order valence-corrected chi connectivity index (χ4v) is 2.13. The SMILES string of the molecule is CSCc1noc(C(N)CCS(C)(=O)=O)n1. The van der Waals surface area contributed by atoms with Gasteiger partial charge in [0.05, 0.1) is 17.5 Å². The van der Waals surface area contributed by atoms with Crippen molar-refractivity contribution in [3.63, 3.8) is 0 Å². The van der Waals surface area contributed by atoms with Crippen LogP contribution in [0.25, 0.3) is 0 Å². The van der Waals surface area contributed by atoms with Crippen LogP contribution in [0.4, 0.5) is 0 Å². The average Bonchev–Trinajstić information content (AvgIpc) is 2.62. The molecule has 16 heavy (non-hydrogen) atoms. The van der Waals surface area contributed by atoms with Gasteiger partial charge in [-0.05, 0) is 12.7 Å². The zero-order valence-corrected chi connectivity index (χ0v) is 10.8. The van der Waals surface area contributed by atoms with Gasteiger partial charge in [0.25, 0.3) is 0 Å². The molecule has 1 heterocycles. The Kier molecular flexibility index (Phi) is 4.75. The molecule has 0 bridgehead atoms. The molecule has 1 aromatic heterocycles. The van der Waals surface area contributed by atoms with Crippen molar-refractivity contribution in [1.82, 2.24) is 10.1 Å². The van der Waals surface area contributed by atoms with E-state index in [4.69, 9.17) is 10.3 Å². The Morgan fingerprint density at radius 1 is 1.56 bits per heavy atom. The molecule has 2 N–H and O–H groups in total. The van der Waals surface area contributed by atoms with Crippen molar-refractivity contribution >= 4 is 21.6 Å². The molecule has 0 aromatic carbocycles. The summed E-state index contributed by atoms with van der Waals surface area (Å²) < 4.78 is 26.8. The lowest BCUT2D eigenvalue weighted by Gasteiger charge is -2.04. The van der Waals surface area contributed by atoms with Crippen LogP contribution in [0.2, 0.25) is 0 Å². The van der Waals surface area contributed by atoms with Crippen LogP contribution in [0.1, 0.15) is 24.2 Å². The molecule has 0 saturated carbocycles. The summed E-state index contributed by atoms with van der Waals surface area (Å²) in [6.07, 6.45) is 3.39. The number of thioether (sulfide) groups is 1. The van der Waals surface area contributed by atoms with Gasteiger partial charge >= 0.3 is 0 Å². The highest BCUT2D eigenvalue weighted by atomic mass is 32.2. The van der Waals surface area contributed by atoms with E-state index in [2.05, 4.69) is 10.1 Å². The minimum atomic E-state index is -3.00. The summed E-state index contributed by atoms with van der Waals surface area (Å²) in [5.74, 6) is 1.56. The molecule has 1 rings (SSSR count). The molecule has 6 nitrogen and oxygen atoms in total. The van der Waals surface area contributed by atoms with Crippen molar-refractivity contribution in [3.05, 3.63) is 11.7 Å². The Labute approximate surface area is 98.9 Å². The van der Waals surface area contributed by atoms with Crippen molar-refractivity contribution < 1.29 is 12.9 Å². The van der Waals surface area contributed by atoms with Crippen LogP contribution in [-0.4, -0.2) is 36.8 Å². The van der Waals surface area contributed by atoms with Gasteiger partial charge in [0, 0.05) is 6.26 Å². The monoisotopic (exact) mass is 265 g/mol. The van der Waals surface area contributed by atoms with Crippen molar-refractivity contribution in [2.45, 2.75) is 18.2 Å². The lowest BCUT2D eigenvalue weighted by atomic mass is 10.2. The number of sulfone groups is 1. The zero-order valence-electron chi connectivity index (χ0n) is 9.21. The Balaban J connectivity index is 2.55. The molecule has 0 aliphatic heterocycles. The Morgan fingerprint density at radius 3 is 2.81 bits per heavy atom. The van der Waals surface area contributed by atoms with Crippen LogP contribution in [0, 0.1) is 0 Å². The van der Waals surface area contributed by atoms with Gasteiger partial charge in [0.1, 0.15) is 9.84 Å². The molecule has 1 atom stereocenters. The molecule has 0 amide bonds. The van der Waals surface area contributed by atoms with E-state index < -0.39 is 15.9 Å². The summed E-state index contributed by atoms with van der Waals surface area (Å²) in [6, 6.07) is -0.516. The topological polar surface area (TPSA) is 99.1 Å². The minimum absolute atomic E-state index is 0.0222. The molecule has 8 heteroatoms. The largest absolute Gasteiger partial charge is 0.338 e. The van der Waals surface area contributed by atoms with E-state index in [0.717, 1.165) is 0 Å². The van der Waals surface area contributed by atoms with Gasteiger partial charge in [0.15, 0.2) is 5.82 Å². The minimum Gasteiger partial charge on any atom is -0.338 e. The summed E-state index contributed by atoms with van der Waals surface area (Å²) in [5, 5.41) is 3.74. The predicted molar refractivity (Wildman–Crippen MR) is 62.8 cm³/mol. The number of aromatic nitrogens is 2. The summed E-state index contributed by atoms with van der Waals surface area (Å²) in [4.78, 5) is 4.08. The highest BCUT2D eigenvalue weighted by molar-refractivity contribution is 7.97. The van der Waals surface area contributed by atoms with Crippen molar-refractivity contribution in [3.8, 4) is 0 Å². The maximum atomic E-state index is 10.9. The lowest BCUT2D eigenvalue weighted by molar-refractivity contribution is 0.349. The van der Waals surface area contributed by atoms with Crippen LogP contribution in [0.15, 0.2) is 4.52 Å². The second kappa shape index (κ2) is 5.65. The second-order valence-electron chi connectivity index (χ2n) is 3.51. The Bertz CT molecular complexity index is 429. The van der Waals surface area contributed by atoms with Crippen molar-refractivity contribution in [2.75, 3.05) is 18.3 Å². The molecular weight excluding hydrogens is 250 g/mol. The molecule has 1 aromatic rings. The van der Waals surface area contributed by atoms with E-state index in [1.54, 1.807) is 11.8 Å². The first-order valence-electron chi connectivity index (χ1n) is 4.67. The second-order valence-corrected chi connectivity index (χ2v) is 6.63. The van der Waals surface area contributed by atoms with Crippen molar-refractivity contribution in [1.29, 1.82) is 0 Å². The maximum absolute atomic E-state index is 10.9. The molecule has 0 aliphatic carbocycles. The fraction of sp³-hybridized carbons (Fsp3) is 0.750. The van der Waals surface area contributed by atoms with E-state index in [9.17, 15) is 8.42 Å². The summed E-state index contributed by atoms with van der Waals surface area (Å²) in [5.41, 5.74) is 5.74. The quantitative estimate of drug-likeness (QED) is 0.793. The molecule has 1 unspecified atom stereocenters. The van der Waals surface area contributed by atoms with Crippen LogP contribution in [0.3, 0.4) is 0 Å². The van der Waals surface area contributed by atoms with E-state index >= 15 is 0 Å². The third-order valence-electron chi connectivity index (χ3n) is 1.87. The number of hydrogen-bond donors (Lipinski definition) is 1. The summed E-state index contributed by atoms with van der Waals surface area (Å²) >= 11 is 1.58. The standard InChI is InChI=1S/C8H15N3O3S2/c1-15-5-7-10-8(14-11-7)6(9)3-4-16(2,12)13/h6H,3-5,9H2,1-2H3. The van der Waals surface area contributed by atoms with Crippen LogP contribution >= 0.6 is 11.8 Å². The Morgan fingerprint density at radius 2 is 2.25 bits per heavy atom. The fourth-order valence-electron chi connectivity index (χ4n) is 1.07. The summed E-state index contributed by atoms with van der Waals surface area (Å²) in [7, 11) is -3.00. The number of hydrogen-bond acceptors (Lipinski definition) is 7. The molecule has 0 fully saturated rings. The van der Waals surface area contributed by atoms with Crippen LogP contribution in [0.5, 0.6) is 0 Å². The third-order valence-corrected chi connectivity index (χ3v) is 3.40. The number of nitrogens with zero attached hydrogens (tertiary/aromatic N) is 2. The molecule has 0 radical (unpaired) electrons. The smallest absolute Gasteiger partial charge is 0.243 e. The predicted octanol–water partition coefficient (Wildman–Crippen LogP) is 0.367. The van der Waals surface area contributed by atoms with E-state index in [1.165, 1.54) is 6.26 Å². The Hall–Kier alpha value is -0.600. The highest BCUT2D eigenvalue weighted by Gasteiger charge is 2.16. The molecule has 92 valence electrons. The normalized spacial score (nSPS) is 13.9. The van der Waals surface area contributed by atoms with Gasteiger partial charge in [0.2, 0.25) is 5.89 Å². The van der Waals surface area contributed by atoms with Gasteiger partial charge in [-0.25, -0.2) is 8.42 Å². The third kappa shape index (κ3) is 4.50. The first kappa shape index (κ1) is 13.5. The van der Waals surface area contributed by atoms with Gasteiger partial charge in [-0.1, -0.05) is 5.16 Å². The first-order valence-corrected chi connectivity index (χ1v) is 8.12. The van der Waals surface area contributed by atoms with Gasteiger partial charge in [-0.2, -0.15) is 16.7 Å². The number of nitrogens with two attached hydrogens (primary N) is 1. The molecular formula is C8H15N3O3S2. The van der Waals surface area contributed by atoms with Gasteiger partial charge in [-0.3, -0.25) is 0 Å². The average molecular weight is 265 g/mol. The van der Waals surface area contributed by atoms with E-state index in [-0.39, 0.29) is 5.75 Å². The maximum Gasteiger partial charge on any atom is 0.243 e. The van der Waals surface area contributed by atoms with Gasteiger partial charge < -0.3 is 10.3 Å². The molecule has 0 aliphatic rings. The van der Waals surface area contributed by atoms with Gasteiger partial charge in [-0.15, -0.1) is 0 Å². The highest BCUT2D eigenvalue weighted by Crippen LogP contribution is 2.14. The molecule has 0 spiro atoms. The first-order chi connectivity index (χ1) is 7.42. The molecule has 0 saturated heterocycles. The van der Waals surface area contributed by atoms with Crippen LogP contribution in [-0.2, 0) is 15.6 Å². The van der Waals surface area contributed by atoms with E-state index in [0.29, 0.717) is 23.9 Å². The lowest BCUT2D eigenvalue weighted by Crippen LogP contribution is -2.16. The number of rotatable bonds is 6. The van der Waals surface area contributed by atoms with E-state index in [1.807, 2.05) is 6.26 Å². The van der Waals surface area contributed by atoms with Crippen LogP contribution < -0.4 is 5.73 Å².